The first kappa shape index (κ1) is 21.4. The predicted octanol–water partition coefficient (Wildman–Crippen LogP) is 5.22. The number of hydrogen-bond donors (Lipinski definition) is 1. The normalized spacial score (nSPS) is 11.4. The lowest BCUT2D eigenvalue weighted by atomic mass is 10.1. The molecule has 1 heterocycles. The second-order valence-corrected chi connectivity index (χ2v) is 6.78. The Balaban J connectivity index is 1.84. The monoisotopic (exact) mass is 417 g/mol. The molecule has 1 amide bonds. The molecule has 0 saturated heterocycles. The van der Waals surface area contributed by atoms with Gasteiger partial charge in [0.1, 0.15) is 5.75 Å². The number of alkyl halides is 3. The molecule has 2 aromatic carbocycles. The van der Waals surface area contributed by atoms with Gasteiger partial charge in [0.15, 0.2) is 0 Å². The van der Waals surface area contributed by atoms with Gasteiger partial charge in [-0.25, -0.2) is 0 Å². The maximum Gasteiger partial charge on any atom is 0.416 e. The minimum atomic E-state index is -4.40. The van der Waals surface area contributed by atoms with Crippen LogP contribution in [-0.4, -0.2) is 22.3 Å². The number of ether oxygens (including phenoxy) is 1. The number of aromatic nitrogens is 2. The number of anilines is 1. The molecule has 0 bridgehead atoms. The standard InChI is InChI=1S/C22H22F3N3O2/c1-4-30-19-11-6-5-10-18(19)21(29)26-20-14(2)27-28(15(20)3)13-16-8-7-9-17(12-16)22(23,24)25/h5-12H,4,13H2,1-3H3,(H,26,29). The van der Waals surface area contributed by atoms with Crippen LogP contribution < -0.4 is 10.1 Å². The summed E-state index contributed by atoms with van der Waals surface area (Å²) in [6.07, 6.45) is -4.40. The zero-order valence-corrected chi connectivity index (χ0v) is 16.9. The number of halogens is 3. The van der Waals surface area contributed by atoms with Crippen molar-refractivity contribution in [3.8, 4) is 5.75 Å². The highest BCUT2D eigenvalue weighted by Gasteiger charge is 2.30. The largest absolute Gasteiger partial charge is 0.493 e. The summed E-state index contributed by atoms with van der Waals surface area (Å²) in [5.74, 6) is 0.132. The van der Waals surface area contributed by atoms with Crippen molar-refractivity contribution in [3.63, 3.8) is 0 Å². The summed E-state index contributed by atoms with van der Waals surface area (Å²) < 4.78 is 46.0. The van der Waals surface area contributed by atoms with Gasteiger partial charge < -0.3 is 10.1 Å². The first-order chi connectivity index (χ1) is 14.2. The van der Waals surface area contributed by atoms with Crippen molar-refractivity contribution in [1.82, 2.24) is 9.78 Å². The van der Waals surface area contributed by atoms with Crippen LogP contribution in [0.2, 0.25) is 0 Å². The second-order valence-electron chi connectivity index (χ2n) is 6.78. The molecule has 0 saturated carbocycles. The van der Waals surface area contributed by atoms with E-state index in [2.05, 4.69) is 10.4 Å². The Morgan fingerprint density at radius 3 is 2.57 bits per heavy atom. The number of hydrogen-bond acceptors (Lipinski definition) is 3. The number of carbonyl (C=O) groups is 1. The molecule has 1 N–H and O–H groups in total. The van der Waals surface area contributed by atoms with Crippen LogP contribution in [0.15, 0.2) is 48.5 Å². The van der Waals surface area contributed by atoms with E-state index in [9.17, 15) is 18.0 Å². The van der Waals surface area contributed by atoms with Crippen molar-refractivity contribution in [2.75, 3.05) is 11.9 Å². The Bertz CT molecular complexity index is 1060. The molecule has 0 atom stereocenters. The molecule has 3 aromatic rings. The van der Waals surface area contributed by atoms with Crippen LogP contribution in [0.3, 0.4) is 0 Å². The topological polar surface area (TPSA) is 56.1 Å². The molecular formula is C22H22F3N3O2. The van der Waals surface area contributed by atoms with E-state index in [0.717, 1.165) is 12.1 Å². The molecule has 0 fully saturated rings. The van der Waals surface area contributed by atoms with Crippen molar-refractivity contribution >= 4 is 11.6 Å². The Morgan fingerprint density at radius 1 is 1.13 bits per heavy atom. The quantitative estimate of drug-likeness (QED) is 0.598. The van der Waals surface area contributed by atoms with Gasteiger partial charge in [-0.05, 0) is 50.6 Å². The number of amides is 1. The maximum atomic E-state index is 13.0. The summed E-state index contributed by atoms with van der Waals surface area (Å²) >= 11 is 0. The van der Waals surface area contributed by atoms with Crippen LogP contribution in [0.4, 0.5) is 18.9 Å². The molecular weight excluding hydrogens is 395 g/mol. The fourth-order valence-corrected chi connectivity index (χ4v) is 3.17. The van der Waals surface area contributed by atoms with Gasteiger partial charge in [0.25, 0.3) is 5.91 Å². The Kier molecular flexibility index (Phi) is 6.14. The Morgan fingerprint density at radius 2 is 1.87 bits per heavy atom. The van der Waals surface area contributed by atoms with Crippen LogP contribution in [0, 0.1) is 13.8 Å². The van der Waals surface area contributed by atoms with Crippen molar-refractivity contribution in [3.05, 3.63) is 76.6 Å². The molecule has 30 heavy (non-hydrogen) atoms. The summed E-state index contributed by atoms with van der Waals surface area (Å²) in [5.41, 5.74) is 1.90. The number of rotatable bonds is 6. The zero-order valence-electron chi connectivity index (χ0n) is 16.9. The fourth-order valence-electron chi connectivity index (χ4n) is 3.17. The highest BCUT2D eigenvalue weighted by molar-refractivity contribution is 6.06. The molecule has 3 rings (SSSR count). The molecule has 8 heteroatoms. The maximum absolute atomic E-state index is 13.0. The van der Waals surface area contributed by atoms with Gasteiger partial charge >= 0.3 is 6.18 Å². The van der Waals surface area contributed by atoms with Crippen LogP contribution in [0.1, 0.15) is 39.8 Å². The van der Waals surface area contributed by atoms with Crippen molar-refractivity contribution in [2.45, 2.75) is 33.5 Å². The van der Waals surface area contributed by atoms with Gasteiger partial charge in [-0.3, -0.25) is 9.48 Å². The smallest absolute Gasteiger partial charge is 0.416 e. The van der Waals surface area contributed by atoms with E-state index >= 15 is 0 Å². The molecule has 0 aliphatic heterocycles. The van der Waals surface area contributed by atoms with Crippen molar-refractivity contribution in [2.24, 2.45) is 0 Å². The first-order valence-electron chi connectivity index (χ1n) is 9.44. The van der Waals surface area contributed by atoms with Gasteiger partial charge in [-0.15, -0.1) is 0 Å². The zero-order chi connectivity index (χ0) is 21.9. The van der Waals surface area contributed by atoms with Gasteiger partial charge in [0.05, 0.1) is 41.4 Å². The molecule has 158 valence electrons. The molecule has 5 nitrogen and oxygen atoms in total. The molecule has 0 aliphatic rings. The number of aryl methyl sites for hydroxylation is 1. The van der Waals surface area contributed by atoms with E-state index in [1.54, 1.807) is 48.9 Å². The lowest BCUT2D eigenvalue weighted by Gasteiger charge is -2.11. The molecule has 0 spiro atoms. The fraction of sp³-hybridized carbons (Fsp3) is 0.273. The summed E-state index contributed by atoms with van der Waals surface area (Å²) in [4.78, 5) is 12.8. The van der Waals surface area contributed by atoms with Crippen LogP contribution in [0.25, 0.3) is 0 Å². The average molecular weight is 417 g/mol. The first-order valence-corrected chi connectivity index (χ1v) is 9.44. The van der Waals surface area contributed by atoms with E-state index in [4.69, 9.17) is 4.74 Å². The minimum absolute atomic E-state index is 0.155. The van der Waals surface area contributed by atoms with Crippen LogP contribution in [-0.2, 0) is 12.7 Å². The number of benzene rings is 2. The number of carbonyl (C=O) groups excluding carboxylic acids is 1. The summed E-state index contributed by atoms with van der Waals surface area (Å²) in [6.45, 7) is 5.91. The Hall–Kier alpha value is -3.29. The predicted molar refractivity (Wildman–Crippen MR) is 108 cm³/mol. The number of nitrogens with zero attached hydrogens (tertiary/aromatic N) is 2. The van der Waals surface area contributed by atoms with Crippen molar-refractivity contribution in [1.29, 1.82) is 0 Å². The average Bonchev–Trinajstić information content (AvgIpc) is 2.95. The minimum Gasteiger partial charge on any atom is -0.493 e. The van der Waals surface area contributed by atoms with Crippen molar-refractivity contribution < 1.29 is 22.7 Å². The van der Waals surface area contributed by atoms with Gasteiger partial charge in [-0.1, -0.05) is 24.3 Å². The number of nitrogens with one attached hydrogen (secondary N) is 1. The summed E-state index contributed by atoms with van der Waals surface area (Å²) in [7, 11) is 0. The second kappa shape index (κ2) is 8.61. The third-order valence-corrected chi connectivity index (χ3v) is 4.64. The molecule has 0 radical (unpaired) electrons. The van der Waals surface area contributed by atoms with Crippen LogP contribution in [0.5, 0.6) is 5.75 Å². The molecule has 0 aliphatic carbocycles. The van der Waals surface area contributed by atoms with E-state index in [-0.39, 0.29) is 12.5 Å². The highest BCUT2D eigenvalue weighted by atomic mass is 19.4. The molecule has 1 aromatic heterocycles. The van der Waals surface area contributed by atoms with Gasteiger partial charge in [0.2, 0.25) is 0 Å². The SMILES string of the molecule is CCOc1ccccc1C(=O)Nc1c(C)nn(Cc2cccc(C(F)(F)F)c2)c1C. The highest BCUT2D eigenvalue weighted by Crippen LogP contribution is 2.30. The van der Waals surface area contributed by atoms with E-state index in [0.29, 0.717) is 40.6 Å². The van der Waals surface area contributed by atoms with Crippen LogP contribution >= 0.6 is 0 Å². The summed E-state index contributed by atoms with van der Waals surface area (Å²) in [6, 6.07) is 12.0. The lowest BCUT2D eigenvalue weighted by molar-refractivity contribution is -0.137. The number of para-hydroxylation sites is 1. The van der Waals surface area contributed by atoms with Gasteiger partial charge in [-0.2, -0.15) is 18.3 Å². The van der Waals surface area contributed by atoms with E-state index < -0.39 is 11.7 Å². The third-order valence-electron chi connectivity index (χ3n) is 4.64. The van der Waals surface area contributed by atoms with Gasteiger partial charge in [0, 0.05) is 0 Å². The lowest BCUT2D eigenvalue weighted by Crippen LogP contribution is -2.15. The summed E-state index contributed by atoms with van der Waals surface area (Å²) in [5, 5.41) is 7.25. The Labute approximate surface area is 172 Å². The molecule has 0 unspecified atom stereocenters. The van der Waals surface area contributed by atoms with E-state index in [1.807, 2.05) is 6.92 Å². The van der Waals surface area contributed by atoms with E-state index in [1.165, 1.54) is 6.07 Å². The third kappa shape index (κ3) is 4.64.